The number of amides is 1. The van der Waals surface area contributed by atoms with E-state index in [0.29, 0.717) is 19.4 Å². The fraction of sp³-hybridized carbons (Fsp3) is 0.571. The molecule has 2 fully saturated rings. The first-order valence-corrected chi connectivity index (χ1v) is 10.3. The van der Waals surface area contributed by atoms with Gasteiger partial charge in [-0.2, -0.15) is 0 Å². The van der Waals surface area contributed by atoms with Gasteiger partial charge in [0.25, 0.3) is 5.92 Å². The third-order valence-corrected chi connectivity index (χ3v) is 6.06. The molecule has 3 heterocycles. The molecule has 1 saturated carbocycles. The second kappa shape index (κ2) is 8.20. The van der Waals surface area contributed by atoms with Crippen LogP contribution >= 0.6 is 0 Å². The average Bonchev–Trinajstić information content (AvgIpc) is 3.18. The van der Waals surface area contributed by atoms with Crippen molar-refractivity contribution in [3.8, 4) is 5.75 Å². The van der Waals surface area contributed by atoms with E-state index in [9.17, 15) is 13.6 Å². The van der Waals surface area contributed by atoms with Crippen LogP contribution in [0.15, 0.2) is 35.1 Å². The van der Waals surface area contributed by atoms with Gasteiger partial charge in [-0.05, 0) is 37.3 Å². The lowest BCUT2D eigenvalue weighted by atomic mass is 10.1. The van der Waals surface area contributed by atoms with Crippen LogP contribution in [-0.4, -0.2) is 52.7 Å². The zero-order chi connectivity index (χ0) is 21.2. The Balaban J connectivity index is 0.000000208. The zero-order valence-corrected chi connectivity index (χ0v) is 16.9. The second-order valence-electron chi connectivity index (χ2n) is 8.08. The Bertz CT molecular complexity index is 858. The number of nitrogens with zero attached hydrogens (tertiary/aromatic N) is 3. The summed E-state index contributed by atoms with van der Waals surface area (Å²) in [7, 11) is 0. The highest BCUT2D eigenvalue weighted by Crippen LogP contribution is 2.65. The highest BCUT2D eigenvalue weighted by molar-refractivity contribution is 5.84. The predicted octanol–water partition coefficient (Wildman–Crippen LogP) is 3.78. The molecule has 1 aliphatic carbocycles. The summed E-state index contributed by atoms with van der Waals surface area (Å²) in [5.74, 6) is -1.72. The maximum atomic E-state index is 13.3. The highest BCUT2D eigenvalue weighted by atomic mass is 19.3. The smallest absolute Gasteiger partial charge is 0.315 e. The molecule has 3 aliphatic rings. The molecular formula is C21H28F2N4O3. The number of alkyl halides is 2. The molecule has 1 aromatic carbocycles. The number of fused-ring (bicyclic) bond motifs is 1. The van der Waals surface area contributed by atoms with E-state index in [0.717, 1.165) is 25.2 Å². The van der Waals surface area contributed by atoms with Crippen LogP contribution in [0.1, 0.15) is 39.6 Å². The molecule has 1 spiro atoms. The quantitative estimate of drug-likeness (QED) is 0.808. The molecule has 0 unspecified atom stereocenters. The molecule has 1 saturated heterocycles. The van der Waals surface area contributed by atoms with E-state index in [2.05, 4.69) is 27.6 Å². The van der Waals surface area contributed by atoms with E-state index >= 15 is 0 Å². The second-order valence-corrected chi connectivity index (χ2v) is 8.08. The molecule has 2 aromatic rings. The monoisotopic (exact) mass is 422 g/mol. The van der Waals surface area contributed by atoms with Crippen molar-refractivity contribution < 1.29 is 24.2 Å². The molecule has 2 aliphatic heterocycles. The average molecular weight is 422 g/mol. The lowest BCUT2D eigenvalue weighted by molar-refractivity contribution is -0.131. The van der Waals surface area contributed by atoms with Crippen molar-refractivity contribution in [2.24, 2.45) is 5.41 Å². The molecule has 7 nitrogen and oxygen atoms in total. The van der Waals surface area contributed by atoms with E-state index < -0.39 is 17.4 Å². The molecular weight excluding hydrogens is 394 g/mol. The van der Waals surface area contributed by atoms with Crippen LogP contribution in [0.2, 0.25) is 0 Å². The minimum absolute atomic E-state index is 0. The van der Waals surface area contributed by atoms with Gasteiger partial charge in [-0.1, -0.05) is 30.2 Å². The SMILES string of the molecule is CC[C@H](Nc1nnco1)C(=O)N1CC[C@@]2(C1)CC2(F)F.[HH].c1ccc2c(c1)CCCO2. The van der Waals surface area contributed by atoms with Gasteiger partial charge < -0.3 is 19.4 Å². The standard InChI is InChI=1S/C12H16F2N4O2.C9H10O.H2/c1-2-8(16-10-17-15-7-20-10)9(19)18-4-3-11(6-18)5-12(11,13)14;1-2-6-9-8(4-1)5-3-7-10-9;/h7-8H,2-6H2,1H3,(H,16,17);1-2,4,6H,3,5,7H2;1H/t8-,11-;;/m0../s1. The summed E-state index contributed by atoms with van der Waals surface area (Å²) in [6, 6.07) is 7.88. The Morgan fingerprint density at radius 3 is 2.83 bits per heavy atom. The number of halogens is 2. The third kappa shape index (κ3) is 4.11. The number of aromatic nitrogens is 2. The molecule has 30 heavy (non-hydrogen) atoms. The number of carbonyl (C=O) groups is 1. The molecule has 1 amide bonds. The van der Waals surface area contributed by atoms with Gasteiger partial charge >= 0.3 is 6.01 Å². The Hall–Kier alpha value is -2.71. The van der Waals surface area contributed by atoms with E-state index in [1.807, 2.05) is 19.1 Å². The summed E-state index contributed by atoms with van der Waals surface area (Å²) in [5, 5.41) is 10.0. The predicted molar refractivity (Wildman–Crippen MR) is 108 cm³/mol. The molecule has 1 N–H and O–H groups in total. The number of rotatable bonds is 4. The van der Waals surface area contributed by atoms with Crippen molar-refractivity contribution in [1.29, 1.82) is 0 Å². The number of aryl methyl sites for hydroxylation is 1. The van der Waals surface area contributed by atoms with E-state index in [1.54, 1.807) is 0 Å². The summed E-state index contributed by atoms with van der Waals surface area (Å²) >= 11 is 0. The largest absolute Gasteiger partial charge is 0.493 e. The number of nitrogens with one attached hydrogen (secondary N) is 1. The van der Waals surface area contributed by atoms with Crippen LogP contribution in [-0.2, 0) is 11.2 Å². The number of anilines is 1. The number of hydrogen-bond acceptors (Lipinski definition) is 6. The summed E-state index contributed by atoms with van der Waals surface area (Å²) in [6.07, 6.45) is 4.30. The van der Waals surface area contributed by atoms with E-state index in [4.69, 9.17) is 9.15 Å². The number of likely N-dealkylation sites (tertiary alicyclic amines) is 1. The van der Waals surface area contributed by atoms with Crippen LogP contribution in [0.5, 0.6) is 5.75 Å². The van der Waals surface area contributed by atoms with Crippen molar-refractivity contribution >= 4 is 11.9 Å². The van der Waals surface area contributed by atoms with Crippen LogP contribution in [0.3, 0.4) is 0 Å². The van der Waals surface area contributed by atoms with Gasteiger partial charge in [0.1, 0.15) is 11.8 Å². The molecule has 1 aromatic heterocycles. The summed E-state index contributed by atoms with van der Waals surface area (Å²) in [4.78, 5) is 13.9. The van der Waals surface area contributed by atoms with Crippen LogP contribution < -0.4 is 10.1 Å². The van der Waals surface area contributed by atoms with Gasteiger partial charge in [-0.15, -0.1) is 5.10 Å². The van der Waals surface area contributed by atoms with Crippen molar-refractivity contribution in [2.45, 2.75) is 51.0 Å². The van der Waals surface area contributed by atoms with Crippen LogP contribution in [0.25, 0.3) is 0 Å². The first-order chi connectivity index (χ1) is 14.4. The Kier molecular flexibility index (Phi) is 5.62. The van der Waals surface area contributed by atoms with Crippen LogP contribution in [0.4, 0.5) is 14.8 Å². The number of carbonyl (C=O) groups excluding carboxylic acids is 1. The summed E-state index contributed by atoms with van der Waals surface area (Å²) < 4.78 is 37.0. The third-order valence-electron chi connectivity index (χ3n) is 6.06. The highest BCUT2D eigenvalue weighted by Gasteiger charge is 2.73. The number of benzene rings is 1. The maximum absolute atomic E-state index is 13.3. The van der Waals surface area contributed by atoms with Crippen molar-refractivity contribution in [3.05, 3.63) is 36.2 Å². The van der Waals surface area contributed by atoms with Gasteiger partial charge in [0.15, 0.2) is 0 Å². The van der Waals surface area contributed by atoms with Gasteiger partial charge in [-0.3, -0.25) is 4.79 Å². The number of para-hydroxylation sites is 1. The van der Waals surface area contributed by atoms with Crippen molar-refractivity contribution in [3.63, 3.8) is 0 Å². The normalized spacial score (nSPS) is 24.3. The topological polar surface area (TPSA) is 80.5 Å². The molecule has 9 heteroatoms. The van der Waals surface area contributed by atoms with Crippen molar-refractivity contribution in [2.75, 3.05) is 25.0 Å². The van der Waals surface area contributed by atoms with E-state index in [1.165, 1.54) is 16.9 Å². The molecule has 0 radical (unpaired) electrons. The fourth-order valence-electron chi connectivity index (χ4n) is 4.12. The van der Waals surface area contributed by atoms with E-state index in [-0.39, 0.29) is 26.3 Å². The Morgan fingerprint density at radius 1 is 1.40 bits per heavy atom. The summed E-state index contributed by atoms with van der Waals surface area (Å²) in [6.45, 7) is 3.25. The molecule has 2 atom stereocenters. The first-order valence-electron chi connectivity index (χ1n) is 10.3. The molecule has 164 valence electrons. The molecule has 0 bridgehead atoms. The Morgan fingerprint density at radius 2 is 2.20 bits per heavy atom. The minimum Gasteiger partial charge on any atom is -0.493 e. The van der Waals surface area contributed by atoms with Gasteiger partial charge in [0.2, 0.25) is 12.3 Å². The summed E-state index contributed by atoms with van der Waals surface area (Å²) in [5.41, 5.74) is 0.388. The van der Waals surface area contributed by atoms with Crippen LogP contribution in [0, 0.1) is 5.41 Å². The fourth-order valence-corrected chi connectivity index (χ4v) is 4.12. The van der Waals surface area contributed by atoms with Crippen molar-refractivity contribution in [1.82, 2.24) is 15.1 Å². The lowest BCUT2D eigenvalue weighted by Gasteiger charge is -2.22. The number of ether oxygens (including phenoxy) is 1. The minimum atomic E-state index is -2.61. The first kappa shape index (κ1) is 20.6. The van der Waals surface area contributed by atoms with Gasteiger partial charge in [0.05, 0.1) is 12.0 Å². The zero-order valence-electron chi connectivity index (χ0n) is 16.9. The molecule has 5 rings (SSSR count). The maximum Gasteiger partial charge on any atom is 0.315 e. The number of hydrogen-bond donors (Lipinski definition) is 1. The van der Waals surface area contributed by atoms with Gasteiger partial charge in [0, 0.05) is 20.9 Å². The Labute approximate surface area is 175 Å². The lowest BCUT2D eigenvalue weighted by Crippen LogP contribution is -2.42. The van der Waals surface area contributed by atoms with Gasteiger partial charge in [-0.25, -0.2) is 8.78 Å².